The molecule has 0 bridgehead atoms. The summed E-state index contributed by atoms with van der Waals surface area (Å²) in [6.07, 6.45) is 4.71. The number of aliphatic hydroxyl groups excluding tert-OH is 1. The number of esters is 2. The molecular weight excluding hydrogens is 811 g/mol. The highest BCUT2D eigenvalue weighted by molar-refractivity contribution is 6.01. The number of ketones is 2. The second-order valence-electron chi connectivity index (χ2n) is 16.1. The van der Waals surface area contributed by atoms with Crippen LogP contribution in [0, 0.1) is 28.6 Å². The van der Waals surface area contributed by atoms with Crippen molar-refractivity contribution in [1.82, 2.24) is 10.8 Å². The molecule has 19 nitrogen and oxygen atoms in total. The minimum atomic E-state index is -2.24. The summed E-state index contributed by atoms with van der Waals surface area (Å²) in [6, 6.07) is 4.31. The summed E-state index contributed by atoms with van der Waals surface area (Å²) in [5.41, 5.74) is -5.93. The molecule has 61 heavy (non-hydrogen) atoms. The van der Waals surface area contributed by atoms with Crippen LogP contribution in [0.1, 0.15) is 77.7 Å². The zero-order valence-corrected chi connectivity index (χ0v) is 34.3. The molecule has 0 aliphatic heterocycles. The van der Waals surface area contributed by atoms with Crippen molar-refractivity contribution in [3.63, 3.8) is 0 Å². The molecule has 5 rings (SSSR count). The molecule has 0 aromatic heterocycles. The van der Waals surface area contributed by atoms with Gasteiger partial charge >= 0.3 is 18.1 Å². The van der Waals surface area contributed by atoms with E-state index in [1.165, 1.54) is 49.6 Å². The van der Waals surface area contributed by atoms with Crippen molar-refractivity contribution in [2.45, 2.75) is 89.5 Å². The fourth-order valence-electron chi connectivity index (χ4n) is 9.95. The maximum atomic E-state index is 17.9. The number of methoxy groups -OCH3 is 1. The van der Waals surface area contributed by atoms with Gasteiger partial charge in [-0.1, -0.05) is 31.6 Å². The van der Waals surface area contributed by atoms with Gasteiger partial charge in [0.1, 0.15) is 0 Å². The summed E-state index contributed by atoms with van der Waals surface area (Å²) in [5, 5.41) is 45.7. The number of rotatable bonds is 19. The van der Waals surface area contributed by atoms with Gasteiger partial charge in [0.25, 0.3) is 0 Å². The molecule has 0 amide bonds. The lowest BCUT2D eigenvalue weighted by atomic mass is 9.44. The van der Waals surface area contributed by atoms with E-state index < -0.39 is 87.2 Å². The normalized spacial score (nSPS) is 30.4. The predicted molar refractivity (Wildman–Crippen MR) is 203 cm³/mol. The van der Waals surface area contributed by atoms with Crippen LogP contribution in [0.5, 0.6) is 11.5 Å². The summed E-state index contributed by atoms with van der Waals surface area (Å²) in [4.78, 5) is 74.6. The maximum absolute atomic E-state index is 17.9. The number of nitrogens with zero attached hydrogens (tertiary/aromatic N) is 2. The Balaban J connectivity index is 1.31. The van der Waals surface area contributed by atoms with Crippen LogP contribution in [0.4, 0.5) is 9.18 Å². The fraction of sp³-hybridized carbons (Fsp3) is 0.585. The summed E-state index contributed by atoms with van der Waals surface area (Å²) >= 11 is 0. The van der Waals surface area contributed by atoms with E-state index in [-0.39, 0.29) is 69.2 Å². The molecule has 3 fully saturated rings. The zero-order valence-electron chi connectivity index (χ0n) is 34.3. The highest BCUT2D eigenvalue weighted by Crippen LogP contribution is 2.71. The van der Waals surface area contributed by atoms with Crippen molar-refractivity contribution >= 4 is 35.7 Å². The number of halogens is 1. The van der Waals surface area contributed by atoms with E-state index in [0.29, 0.717) is 30.4 Å². The zero-order chi connectivity index (χ0) is 44.8. The third-order valence-electron chi connectivity index (χ3n) is 12.7. The first-order chi connectivity index (χ1) is 28.8. The Labute approximate surface area is 350 Å². The molecule has 8 atom stereocenters. The number of unbranched alkanes of at least 4 members (excludes halogenated alkanes) is 1. The van der Waals surface area contributed by atoms with Gasteiger partial charge < -0.3 is 28.8 Å². The number of carbonyl (C=O) groups excluding carboxylic acids is 5. The Morgan fingerprint density at radius 2 is 1.64 bits per heavy atom. The van der Waals surface area contributed by atoms with Gasteiger partial charge in [0.05, 0.1) is 43.8 Å². The van der Waals surface area contributed by atoms with Gasteiger partial charge in [0.2, 0.25) is 5.78 Å². The van der Waals surface area contributed by atoms with Crippen LogP contribution in [-0.2, 0) is 43.1 Å². The van der Waals surface area contributed by atoms with Crippen molar-refractivity contribution in [1.29, 1.82) is 0 Å². The first kappa shape index (κ1) is 47.4. The van der Waals surface area contributed by atoms with E-state index in [0.717, 1.165) is 6.08 Å². The van der Waals surface area contributed by atoms with Gasteiger partial charge in [-0.3, -0.25) is 44.9 Å². The van der Waals surface area contributed by atoms with Crippen molar-refractivity contribution in [3.05, 3.63) is 53.6 Å². The molecule has 4 aliphatic carbocycles. The third kappa shape index (κ3) is 9.72. The molecule has 0 saturated heterocycles. The van der Waals surface area contributed by atoms with E-state index in [1.54, 1.807) is 20.8 Å². The van der Waals surface area contributed by atoms with E-state index in [4.69, 9.17) is 44.5 Å². The van der Waals surface area contributed by atoms with Crippen molar-refractivity contribution in [2.75, 3.05) is 33.5 Å². The average molecular weight is 865 g/mol. The lowest BCUT2D eigenvalue weighted by Gasteiger charge is -2.62. The number of Topliss-reactive ketones (excluding diaryl/α,β-unsaturated/α-hetero) is 1. The first-order valence-corrected chi connectivity index (χ1v) is 19.9. The molecule has 336 valence electrons. The number of hydrogen-bond acceptors (Lipinski definition) is 19. The van der Waals surface area contributed by atoms with Gasteiger partial charge in [-0.25, -0.2) is 14.0 Å². The van der Waals surface area contributed by atoms with Crippen LogP contribution in [-0.4, -0.2) is 117 Å². The van der Waals surface area contributed by atoms with E-state index >= 15 is 4.39 Å². The maximum Gasteiger partial charge on any atom is 0.514 e. The fourth-order valence-corrected chi connectivity index (χ4v) is 9.95. The summed E-state index contributed by atoms with van der Waals surface area (Å²) in [5.74, 6) is -4.88. The lowest BCUT2D eigenvalue weighted by molar-refractivity contribution is -0.492. The number of allylic oxidation sites excluding steroid dienone is 4. The van der Waals surface area contributed by atoms with E-state index in [2.05, 4.69) is 9.68 Å². The Morgan fingerprint density at radius 1 is 0.951 bits per heavy atom. The summed E-state index contributed by atoms with van der Waals surface area (Å²) < 4.78 is 45.1. The van der Waals surface area contributed by atoms with Gasteiger partial charge in [0.15, 0.2) is 35.2 Å². The van der Waals surface area contributed by atoms with Crippen LogP contribution >= 0.6 is 0 Å². The Morgan fingerprint density at radius 3 is 2.33 bits per heavy atom. The molecule has 1 aromatic carbocycles. The van der Waals surface area contributed by atoms with Gasteiger partial charge in [-0.05, 0) is 93.7 Å². The standard InChI is InChI=1S/C41H53FN2O17/c1-25-20-30-29-12-11-27-22-28(45)15-16-38(27,2)40(29,42)33(46)23-39(30,3)41(25,61-36(49)8-7-19-59-44(53)54)34(47)24-57-37(50)60-31-13-9-26(21-32(31)55-4)10-14-35(48)56-17-5-6-18-58-43(51)52/h9-10,13-16,21-22,25,29-30,33,46,51-54H,5-8,11-12,17-20,23-24H2,1-4H3/b14-10+/t25-,29?,30?,33-,38-,39-,40-,41-/m0/s1. The molecule has 0 radical (unpaired) electrons. The molecule has 3 saturated carbocycles. The number of hydrogen-bond donors (Lipinski definition) is 5. The minimum absolute atomic E-state index is 0.000483. The molecule has 20 heteroatoms. The van der Waals surface area contributed by atoms with E-state index in [1.807, 2.05) is 0 Å². The highest BCUT2D eigenvalue weighted by Gasteiger charge is 2.77. The minimum Gasteiger partial charge on any atom is -0.493 e. The number of ether oxygens (including phenoxy) is 5. The van der Waals surface area contributed by atoms with Gasteiger partial charge in [-0.2, -0.15) is 0 Å². The Kier molecular flexibility index (Phi) is 15.2. The van der Waals surface area contributed by atoms with Gasteiger partial charge in [0, 0.05) is 35.2 Å². The molecule has 0 spiro atoms. The topological polar surface area (TPSA) is 258 Å². The summed E-state index contributed by atoms with van der Waals surface area (Å²) in [6.45, 7) is 3.82. The van der Waals surface area contributed by atoms with E-state index in [9.17, 15) is 29.1 Å². The quantitative estimate of drug-likeness (QED) is 0.0312. The summed E-state index contributed by atoms with van der Waals surface area (Å²) in [7, 11) is 1.31. The number of benzene rings is 1. The van der Waals surface area contributed by atoms with Crippen LogP contribution in [0.2, 0.25) is 0 Å². The SMILES string of the molecule is COc1cc(/C=C/C(=O)OCCCCON(O)O)ccc1OC(=O)OCC(=O)[C@@]1(OC(=O)CCCON(O)O)[C@@H](C)CC2C3CCC4=CC(=O)C=C[C@]4(C)[C@@]3(F)[C@@H](O)C[C@@]21C. The van der Waals surface area contributed by atoms with Crippen LogP contribution in [0.25, 0.3) is 6.08 Å². The van der Waals surface area contributed by atoms with Crippen molar-refractivity contribution in [3.8, 4) is 11.5 Å². The molecule has 4 aliphatic rings. The third-order valence-corrected chi connectivity index (χ3v) is 12.7. The Bertz CT molecular complexity index is 1900. The van der Waals surface area contributed by atoms with Crippen LogP contribution in [0.15, 0.2) is 48.1 Å². The largest absolute Gasteiger partial charge is 0.514 e. The van der Waals surface area contributed by atoms with Crippen molar-refractivity contribution in [2.24, 2.45) is 28.6 Å². The Hall–Kier alpha value is -4.64. The molecule has 0 heterocycles. The lowest BCUT2D eigenvalue weighted by Crippen LogP contribution is -2.70. The highest BCUT2D eigenvalue weighted by atomic mass is 19.1. The second-order valence-corrected chi connectivity index (χ2v) is 16.1. The number of fused-ring (bicyclic) bond motifs is 5. The van der Waals surface area contributed by atoms with Gasteiger partial charge in [-0.15, -0.1) is 0 Å². The number of carbonyl (C=O) groups is 5. The van der Waals surface area contributed by atoms with Crippen molar-refractivity contribution < 1.29 is 87.7 Å². The predicted octanol–water partition coefficient (Wildman–Crippen LogP) is 4.82. The average Bonchev–Trinajstić information content (AvgIpc) is 3.42. The monoisotopic (exact) mass is 864 g/mol. The second kappa shape index (κ2) is 19.6. The van der Waals surface area contributed by atoms with Crippen LogP contribution < -0.4 is 9.47 Å². The number of alkyl halides is 1. The molecule has 1 aromatic rings. The first-order valence-electron chi connectivity index (χ1n) is 19.9. The smallest absolute Gasteiger partial charge is 0.493 e. The molecular formula is C41H53FN2O17. The molecule has 2 unspecified atom stereocenters. The molecule has 5 N–H and O–H groups in total. The van der Waals surface area contributed by atoms with Crippen LogP contribution in [0.3, 0.4) is 0 Å². The number of aliphatic hydroxyl groups is 1.